The molecule has 1 N–H and O–H groups in total. The van der Waals surface area contributed by atoms with Gasteiger partial charge >= 0.3 is 0 Å². The summed E-state index contributed by atoms with van der Waals surface area (Å²) < 4.78 is 0. The molecule has 0 saturated carbocycles. The first kappa shape index (κ1) is 25.1. The fraction of sp³-hybridized carbons (Fsp3) is 0.517. The number of aryl methyl sites for hydroxylation is 2. The summed E-state index contributed by atoms with van der Waals surface area (Å²) in [7, 11) is 0. The van der Waals surface area contributed by atoms with Crippen LogP contribution in [-0.4, -0.2) is 65.0 Å². The summed E-state index contributed by atoms with van der Waals surface area (Å²) >= 11 is 0. The van der Waals surface area contributed by atoms with E-state index in [1.807, 2.05) is 29.3 Å². The van der Waals surface area contributed by atoms with Gasteiger partial charge in [-0.05, 0) is 83.7 Å². The first-order valence-corrected chi connectivity index (χ1v) is 12.9. The number of piperazine rings is 1. The number of benzene rings is 1. The fourth-order valence-electron chi connectivity index (χ4n) is 5.45. The molecule has 0 atom stereocenters. The van der Waals surface area contributed by atoms with Crippen LogP contribution in [0.25, 0.3) is 0 Å². The quantitative estimate of drug-likeness (QED) is 0.641. The molecule has 3 heterocycles. The molecule has 1 aromatic heterocycles. The molecule has 2 aromatic rings. The van der Waals surface area contributed by atoms with Crippen molar-refractivity contribution in [3.05, 3.63) is 65.0 Å². The number of aromatic nitrogens is 1. The summed E-state index contributed by atoms with van der Waals surface area (Å²) in [6, 6.07) is 10.7. The van der Waals surface area contributed by atoms with E-state index in [2.05, 4.69) is 79.9 Å². The zero-order chi connectivity index (χ0) is 25.2. The number of hydrogen-bond donors (Lipinski definition) is 1. The van der Waals surface area contributed by atoms with Gasteiger partial charge in [0.15, 0.2) is 0 Å². The molecule has 2 fully saturated rings. The van der Waals surface area contributed by atoms with E-state index in [4.69, 9.17) is 0 Å². The average molecular weight is 476 g/mol. The van der Waals surface area contributed by atoms with Crippen molar-refractivity contribution in [2.45, 2.75) is 66.0 Å². The van der Waals surface area contributed by atoms with Gasteiger partial charge < -0.3 is 20.0 Å². The highest BCUT2D eigenvalue weighted by Gasteiger charge is 2.37. The standard InChI is InChI=1S/C29H41N5O/c1-7-23(4)32-14-11-24(12-15-32)31-26-19-25(21(2)18-22(26)3)28(35)33-16-17-34(29(5,6)20-33)27-10-8-9-13-30-27/h7-10,13,18-19,24,31H,11-12,14-17,20H2,1-6H3/b23-7+. The Labute approximate surface area is 211 Å². The highest BCUT2D eigenvalue weighted by molar-refractivity contribution is 5.97. The summed E-state index contributed by atoms with van der Waals surface area (Å²) in [4.78, 5) is 25.0. The van der Waals surface area contributed by atoms with E-state index >= 15 is 0 Å². The molecule has 0 spiro atoms. The SMILES string of the molecule is C/C=C(\C)N1CCC(Nc2cc(C(=O)N3CCN(c4ccccn4)C(C)(C)C3)c(C)cc2C)CC1. The number of allylic oxidation sites excluding steroid dienone is 2. The van der Waals surface area contributed by atoms with Gasteiger partial charge in [-0.15, -0.1) is 0 Å². The molecular weight excluding hydrogens is 434 g/mol. The lowest BCUT2D eigenvalue weighted by Gasteiger charge is -2.48. The molecule has 0 unspecified atom stereocenters. The van der Waals surface area contributed by atoms with Crippen molar-refractivity contribution in [3.63, 3.8) is 0 Å². The van der Waals surface area contributed by atoms with Gasteiger partial charge in [0.25, 0.3) is 5.91 Å². The largest absolute Gasteiger partial charge is 0.382 e. The second kappa shape index (κ2) is 10.3. The Kier molecular flexibility index (Phi) is 7.39. The Morgan fingerprint density at radius 2 is 1.80 bits per heavy atom. The van der Waals surface area contributed by atoms with E-state index in [0.717, 1.165) is 55.1 Å². The van der Waals surface area contributed by atoms with Crippen LogP contribution >= 0.6 is 0 Å². The number of piperidine rings is 1. The van der Waals surface area contributed by atoms with E-state index in [1.54, 1.807) is 0 Å². The number of nitrogens with zero attached hydrogens (tertiary/aromatic N) is 4. The molecule has 0 aliphatic carbocycles. The minimum absolute atomic E-state index is 0.123. The third-order valence-corrected chi connectivity index (χ3v) is 7.69. The number of pyridine rings is 1. The van der Waals surface area contributed by atoms with E-state index in [9.17, 15) is 4.79 Å². The zero-order valence-electron chi connectivity index (χ0n) is 22.3. The monoisotopic (exact) mass is 475 g/mol. The van der Waals surface area contributed by atoms with E-state index < -0.39 is 0 Å². The second-order valence-corrected chi connectivity index (χ2v) is 10.7. The number of anilines is 2. The highest BCUT2D eigenvalue weighted by Crippen LogP contribution is 2.29. The number of hydrogen-bond acceptors (Lipinski definition) is 5. The zero-order valence-corrected chi connectivity index (χ0v) is 22.3. The lowest BCUT2D eigenvalue weighted by molar-refractivity contribution is 0.0684. The number of carbonyl (C=O) groups is 1. The van der Waals surface area contributed by atoms with E-state index in [1.165, 1.54) is 11.3 Å². The van der Waals surface area contributed by atoms with Gasteiger partial charge in [-0.1, -0.05) is 18.2 Å². The topological polar surface area (TPSA) is 51.7 Å². The summed E-state index contributed by atoms with van der Waals surface area (Å²) in [6.07, 6.45) is 6.22. The summed E-state index contributed by atoms with van der Waals surface area (Å²) in [5.41, 5.74) is 5.30. The Morgan fingerprint density at radius 1 is 1.06 bits per heavy atom. The first-order chi connectivity index (χ1) is 16.7. The third kappa shape index (κ3) is 5.47. The van der Waals surface area contributed by atoms with Crippen LogP contribution in [-0.2, 0) is 0 Å². The second-order valence-electron chi connectivity index (χ2n) is 10.7. The Hall–Kier alpha value is -3.02. The summed E-state index contributed by atoms with van der Waals surface area (Å²) in [6.45, 7) is 17.1. The third-order valence-electron chi connectivity index (χ3n) is 7.69. The van der Waals surface area contributed by atoms with Gasteiger partial charge in [0.2, 0.25) is 0 Å². The van der Waals surface area contributed by atoms with Crippen LogP contribution in [0.15, 0.2) is 48.3 Å². The molecule has 188 valence electrons. The molecule has 2 saturated heterocycles. The van der Waals surface area contributed by atoms with Crippen LogP contribution in [0.4, 0.5) is 11.5 Å². The molecular formula is C29H41N5O. The molecule has 4 rings (SSSR count). The lowest BCUT2D eigenvalue weighted by Crippen LogP contribution is -2.61. The molecule has 1 aromatic carbocycles. The minimum atomic E-state index is -0.193. The lowest BCUT2D eigenvalue weighted by atomic mass is 9.96. The van der Waals surface area contributed by atoms with Gasteiger partial charge in [0.1, 0.15) is 5.82 Å². The van der Waals surface area contributed by atoms with Crippen LogP contribution in [0.1, 0.15) is 62.0 Å². The average Bonchev–Trinajstić information content (AvgIpc) is 2.85. The number of carbonyl (C=O) groups excluding carboxylic acids is 1. The van der Waals surface area contributed by atoms with Crippen molar-refractivity contribution >= 4 is 17.4 Å². The molecule has 6 nitrogen and oxygen atoms in total. The highest BCUT2D eigenvalue weighted by atomic mass is 16.2. The van der Waals surface area contributed by atoms with Crippen molar-refractivity contribution in [3.8, 4) is 0 Å². The fourth-order valence-corrected chi connectivity index (χ4v) is 5.45. The van der Waals surface area contributed by atoms with Crippen LogP contribution in [0.5, 0.6) is 0 Å². The number of likely N-dealkylation sites (tertiary alicyclic amines) is 1. The summed E-state index contributed by atoms with van der Waals surface area (Å²) in [5.74, 6) is 1.09. The van der Waals surface area contributed by atoms with Gasteiger partial charge in [0.05, 0.1) is 5.54 Å². The Balaban J connectivity index is 1.46. The normalized spacial score (nSPS) is 19.1. The molecule has 0 bridgehead atoms. The molecule has 2 aliphatic rings. The predicted octanol–water partition coefficient (Wildman–Crippen LogP) is 5.24. The van der Waals surface area contributed by atoms with Gasteiger partial charge in [-0.25, -0.2) is 4.98 Å². The minimum Gasteiger partial charge on any atom is -0.382 e. The van der Waals surface area contributed by atoms with E-state index in [-0.39, 0.29) is 11.4 Å². The van der Waals surface area contributed by atoms with Crippen molar-refractivity contribution < 1.29 is 4.79 Å². The predicted molar refractivity (Wildman–Crippen MR) is 145 cm³/mol. The van der Waals surface area contributed by atoms with Gasteiger partial charge in [-0.3, -0.25) is 4.79 Å². The maximum absolute atomic E-state index is 13.7. The Morgan fingerprint density at radius 3 is 2.43 bits per heavy atom. The summed E-state index contributed by atoms with van der Waals surface area (Å²) in [5, 5.41) is 3.76. The van der Waals surface area contributed by atoms with E-state index in [0.29, 0.717) is 19.1 Å². The molecule has 0 radical (unpaired) electrons. The van der Waals surface area contributed by atoms with Crippen molar-refractivity contribution in [2.75, 3.05) is 42.9 Å². The molecule has 2 aliphatic heterocycles. The van der Waals surface area contributed by atoms with Crippen LogP contribution in [0.3, 0.4) is 0 Å². The van der Waals surface area contributed by atoms with Crippen LogP contribution in [0.2, 0.25) is 0 Å². The van der Waals surface area contributed by atoms with Crippen molar-refractivity contribution in [2.24, 2.45) is 0 Å². The van der Waals surface area contributed by atoms with Crippen LogP contribution in [0, 0.1) is 13.8 Å². The maximum Gasteiger partial charge on any atom is 0.254 e. The van der Waals surface area contributed by atoms with Gasteiger partial charge in [-0.2, -0.15) is 0 Å². The first-order valence-electron chi connectivity index (χ1n) is 12.9. The molecule has 1 amide bonds. The smallest absolute Gasteiger partial charge is 0.254 e. The number of rotatable bonds is 5. The molecule has 6 heteroatoms. The van der Waals surface area contributed by atoms with Crippen molar-refractivity contribution in [1.29, 1.82) is 0 Å². The number of amides is 1. The number of nitrogens with one attached hydrogen (secondary N) is 1. The van der Waals surface area contributed by atoms with Crippen molar-refractivity contribution in [1.82, 2.24) is 14.8 Å². The Bertz CT molecular complexity index is 1070. The van der Waals surface area contributed by atoms with Gasteiger partial charge in [0, 0.05) is 61.9 Å². The molecule has 35 heavy (non-hydrogen) atoms. The maximum atomic E-state index is 13.7. The van der Waals surface area contributed by atoms with Crippen LogP contribution < -0.4 is 10.2 Å².